The molecule has 0 aliphatic carbocycles. The van der Waals surface area contributed by atoms with Crippen molar-refractivity contribution in [3.63, 3.8) is 0 Å². The van der Waals surface area contributed by atoms with E-state index in [1.807, 2.05) is 0 Å². The summed E-state index contributed by atoms with van der Waals surface area (Å²) in [7, 11) is 0. The summed E-state index contributed by atoms with van der Waals surface area (Å²) in [6.07, 6.45) is 0. The Hall–Kier alpha value is -1.94. The number of aliphatic hydroxyl groups excluding tert-OH is 3. The van der Waals surface area contributed by atoms with E-state index < -0.39 is 11.7 Å². The van der Waals surface area contributed by atoms with Crippen molar-refractivity contribution in [1.29, 1.82) is 0 Å². The maximum absolute atomic E-state index is 13.7. The predicted molar refractivity (Wildman–Crippen MR) is 70.4 cm³/mol. The third-order valence-corrected chi connectivity index (χ3v) is 2.55. The zero-order valence-corrected chi connectivity index (χ0v) is 10.8. The number of hydrogen-bond donors (Lipinski definition) is 3. The molecule has 0 aliphatic heterocycles. The second-order valence-electron chi connectivity index (χ2n) is 3.89. The van der Waals surface area contributed by atoms with Crippen LogP contribution in [0.2, 0.25) is 0 Å². The van der Waals surface area contributed by atoms with Gasteiger partial charge in [-0.3, -0.25) is 4.79 Å². The van der Waals surface area contributed by atoms with Gasteiger partial charge in [0.25, 0.3) is 5.91 Å². The maximum Gasteiger partial charge on any atom is 0.254 e. The lowest BCUT2D eigenvalue weighted by atomic mass is 10.1. The fourth-order valence-electron chi connectivity index (χ4n) is 1.62. The highest BCUT2D eigenvalue weighted by molar-refractivity contribution is 5.94. The smallest absolute Gasteiger partial charge is 0.254 e. The molecule has 0 aromatic heterocycles. The number of halogens is 1. The van der Waals surface area contributed by atoms with Crippen LogP contribution in [0.5, 0.6) is 0 Å². The molecule has 0 spiro atoms. The number of hydrogen-bond acceptors (Lipinski definition) is 4. The Bertz CT molecular complexity index is 516. The molecule has 20 heavy (non-hydrogen) atoms. The first-order chi connectivity index (χ1) is 9.63. The molecule has 0 atom stereocenters. The van der Waals surface area contributed by atoms with Crippen LogP contribution in [0.25, 0.3) is 0 Å². The summed E-state index contributed by atoms with van der Waals surface area (Å²) in [6.45, 7) is -0.733. The second kappa shape index (κ2) is 8.27. The molecule has 108 valence electrons. The molecule has 0 saturated carbocycles. The molecule has 5 nitrogen and oxygen atoms in total. The lowest BCUT2D eigenvalue weighted by Gasteiger charge is -2.20. The van der Waals surface area contributed by atoms with E-state index >= 15 is 0 Å². The summed E-state index contributed by atoms with van der Waals surface area (Å²) in [6, 6.07) is 3.81. The van der Waals surface area contributed by atoms with Crippen LogP contribution in [-0.2, 0) is 0 Å². The van der Waals surface area contributed by atoms with E-state index in [0.717, 1.165) is 6.07 Å². The average Bonchev–Trinajstić information content (AvgIpc) is 2.45. The standard InChI is InChI=1S/C14H16FNO4/c15-13-10-12(4-3-11(13)2-1-7-17)14(20)16(5-8-18)6-9-19/h3-4,10,17-19H,5-9H2. The van der Waals surface area contributed by atoms with Crippen LogP contribution in [0.1, 0.15) is 15.9 Å². The Balaban J connectivity index is 2.95. The van der Waals surface area contributed by atoms with Gasteiger partial charge in [0, 0.05) is 18.7 Å². The normalized spacial score (nSPS) is 9.80. The SMILES string of the molecule is O=C(c1ccc(C#CCO)c(F)c1)N(CCO)CCO. The van der Waals surface area contributed by atoms with E-state index in [0.29, 0.717) is 0 Å². The van der Waals surface area contributed by atoms with Gasteiger partial charge in [-0.05, 0) is 18.2 Å². The fourth-order valence-corrected chi connectivity index (χ4v) is 1.62. The van der Waals surface area contributed by atoms with E-state index in [1.54, 1.807) is 0 Å². The summed E-state index contributed by atoms with van der Waals surface area (Å²) in [4.78, 5) is 13.3. The molecule has 6 heteroatoms. The summed E-state index contributed by atoms with van der Waals surface area (Å²) < 4.78 is 13.7. The fraction of sp³-hybridized carbons (Fsp3) is 0.357. The summed E-state index contributed by atoms with van der Waals surface area (Å²) in [5.41, 5.74) is 0.199. The third-order valence-electron chi connectivity index (χ3n) is 2.55. The van der Waals surface area contributed by atoms with Crippen molar-refractivity contribution in [1.82, 2.24) is 4.90 Å². The van der Waals surface area contributed by atoms with Gasteiger partial charge >= 0.3 is 0 Å². The van der Waals surface area contributed by atoms with Gasteiger partial charge in [-0.1, -0.05) is 11.8 Å². The Kier molecular flexibility index (Phi) is 6.67. The number of carbonyl (C=O) groups is 1. The van der Waals surface area contributed by atoms with Crippen molar-refractivity contribution in [2.45, 2.75) is 0 Å². The van der Waals surface area contributed by atoms with E-state index in [1.165, 1.54) is 17.0 Å². The molecule has 0 heterocycles. The number of carbonyl (C=O) groups excluding carboxylic acids is 1. The Morgan fingerprint density at radius 1 is 1.20 bits per heavy atom. The highest BCUT2D eigenvalue weighted by atomic mass is 19.1. The molecule has 0 aliphatic rings. The number of rotatable bonds is 5. The van der Waals surface area contributed by atoms with Gasteiger partial charge in [-0.25, -0.2) is 4.39 Å². The molecule has 0 bridgehead atoms. The predicted octanol–water partition coefficient (Wildman–Crippen LogP) is -0.404. The van der Waals surface area contributed by atoms with Crippen LogP contribution in [0.15, 0.2) is 18.2 Å². The van der Waals surface area contributed by atoms with Crippen molar-refractivity contribution in [3.05, 3.63) is 35.1 Å². The van der Waals surface area contributed by atoms with Crippen LogP contribution in [0.4, 0.5) is 4.39 Å². The minimum atomic E-state index is -0.662. The van der Waals surface area contributed by atoms with Crippen LogP contribution >= 0.6 is 0 Å². The van der Waals surface area contributed by atoms with E-state index in [-0.39, 0.29) is 44.0 Å². The number of nitrogens with zero attached hydrogens (tertiary/aromatic N) is 1. The molecule has 0 unspecified atom stereocenters. The molecule has 1 aromatic rings. The summed E-state index contributed by atoms with van der Waals surface area (Å²) in [5.74, 6) is 3.61. The largest absolute Gasteiger partial charge is 0.395 e. The van der Waals surface area contributed by atoms with Crippen molar-refractivity contribution < 1.29 is 24.5 Å². The molecular weight excluding hydrogens is 265 g/mol. The first kappa shape index (κ1) is 16.1. The van der Waals surface area contributed by atoms with Gasteiger partial charge in [0.15, 0.2) is 0 Å². The van der Waals surface area contributed by atoms with E-state index in [4.69, 9.17) is 15.3 Å². The van der Waals surface area contributed by atoms with Gasteiger partial charge in [-0.15, -0.1) is 0 Å². The van der Waals surface area contributed by atoms with Crippen LogP contribution in [0.3, 0.4) is 0 Å². The number of amides is 1. The van der Waals surface area contributed by atoms with Crippen LogP contribution in [-0.4, -0.2) is 59.0 Å². The molecule has 3 N–H and O–H groups in total. The van der Waals surface area contributed by atoms with Gasteiger partial charge in [0.05, 0.1) is 18.8 Å². The lowest BCUT2D eigenvalue weighted by molar-refractivity contribution is 0.0684. The van der Waals surface area contributed by atoms with E-state index in [2.05, 4.69) is 11.8 Å². The second-order valence-corrected chi connectivity index (χ2v) is 3.89. The van der Waals surface area contributed by atoms with E-state index in [9.17, 15) is 9.18 Å². The molecule has 0 saturated heterocycles. The van der Waals surface area contributed by atoms with Crippen molar-refractivity contribution in [2.24, 2.45) is 0 Å². The molecule has 1 aromatic carbocycles. The molecule has 1 rings (SSSR count). The zero-order chi connectivity index (χ0) is 15.0. The lowest BCUT2D eigenvalue weighted by Crippen LogP contribution is -2.35. The zero-order valence-electron chi connectivity index (χ0n) is 10.8. The van der Waals surface area contributed by atoms with Gasteiger partial charge in [-0.2, -0.15) is 0 Å². The minimum absolute atomic E-state index is 0.0626. The first-order valence-electron chi connectivity index (χ1n) is 6.04. The highest BCUT2D eigenvalue weighted by Gasteiger charge is 2.16. The Morgan fingerprint density at radius 2 is 1.85 bits per heavy atom. The topological polar surface area (TPSA) is 81.0 Å². The first-order valence-corrected chi connectivity index (χ1v) is 6.04. The number of benzene rings is 1. The number of aliphatic hydroxyl groups is 3. The summed E-state index contributed by atoms with van der Waals surface area (Å²) in [5, 5.41) is 26.3. The van der Waals surface area contributed by atoms with Gasteiger partial charge < -0.3 is 20.2 Å². The van der Waals surface area contributed by atoms with Gasteiger partial charge in [0.1, 0.15) is 12.4 Å². The van der Waals surface area contributed by atoms with Gasteiger partial charge in [0.2, 0.25) is 0 Å². The highest BCUT2D eigenvalue weighted by Crippen LogP contribution is 2.12. The quantitative estimate of drug-likeness (QED) is 0.641. The molecule has 1 amide bonds. The monoisotopic (exact) mass is 281 g/mol. The molecule has 0 radical (unpaired) electrons. The van der Waals surface area contributed by atoms with Crippen molar-refractivity contribution in [2.75, 3.05) is 32.9 Å². The third kappa shape index (κ3) is 4.31. The van der Waals surface area contributed by atoms with Crippen molar-refractivity contribution >= 4 is 5.91 Å². The Morgan fingerprint density at radius 3 is 2.35 bits per heavy atom. The maximum atomic E-state index is 13.7. The Labute approximate surface area is 116 Å². The minimum Gasteiger partial charge on any atom is -0.395 e. The molecule has 0 fully saturated rings. The van der Waals surface area contributed by atoms with Crippen LogP contribution < -0.4 is 0 Å². The average molecular weight is 281 g/mol. The van der Waals surface area contributed by atoms with Crippen molar-refractivity contribution in [3.8, 4) is 11.8 Å². The molecular formula is C14H16FNO4. The summed E-state index contributed by atoms with van der Waals surface area (Å²) >= 11 is 0. The van der Waals surface area contributed by atoms with Crippen LogP contribution in [0, 0.1) is 17.7 Å².